The zero-order valence-electron chi connectivity index (χ0n) is 9.83. The van der Waals surface area contributed by atoms with E-state index in [0.29, 0.717) is 18.5 Å². The molecule has 0 fully saturated rings. The van der Waals surface area contributed by atoms with Gasteiger partial charge in [-0.05, 0) is 38.9 Å². The van der Waals surface area contributed by atoms with Crippen LogP contribution in [0.1, 0.15) is 32.3 Å². The van der Waals surface area contributed by atoms with Gasteiger partial charge in [0, 0.05) is 11.8 Å². The van der Waals surface area contributed by atoms with Gasteiger partial charge in [0.05, 0.1) is 11.8 Å². The van der Waals surface area contributed by atoms with Crippen molar-refractivity contribution in [2.75, 3.05) is 13.1 Å². The maximum atomic E-state index is 13.0. The molecule has 0 aliphatic rings. The minimum Gasteiger partial charge on any atom is -0.385 e. The molecule has 16 heavy (non-hydrogen) atoms. The SMILES string of the molecule is CCCNCCC(C)(O)c1cncc(F)c1. The van der Waals surface area contributed by atoms with Crippen molar-refractivity contribution in [1.82, 2.24) is 10.3 Å². The van der Waals surface area contributed by atoms with Gasteiger partial charge in [0.2, 0.25) is 0 Å². The summed E-state index contributed by atoms with van der Waals surface area (Å²) in [5.74, 6) is -0.417. The lowest BCUT2D eigenvalue weighted by Gasteiger charge is -2.23. The standard InChI is InChI=1S/C12H19FN2O/c1-3-5-14-6-4-12(2,16)10-7-11(13)9-15-8-10/h7-9,14,16H,3-6H2,1-2H3. The van der Waals surface area contributed by atoms with E-state index in [2.05, 4.69) is 17.2 Å². The quantitative estimate of drug-likeness (QED) is 0.727. The Hall–Kier alpha value is -1.00. The van der Waals surface area contributed by atoms with E-state index in [4.69, 9.17) is 0 Å². The normalized spacial score (nSPS) is 14.8. The van der Waals surface area contributed by atoms with Crippen LogP contribution < -0.4 is 5.32 Å². The minimum atomic E-state index is -1.03. The molecule has 1 aromatic heterocycles. The molecule has 0 aromatic carbocycles. The smallest absolute Gasteiger partial charge is 0.141 e. The van der Waals surface area contributed by atoms with Crippen LogP contribution in [0.15, 0.2) is 18.5 Å². The van der Waals surface area contributed by atoms with E-state index in [1.807, 2.05) is 0 Å². The number of hydrogen-bond donors (Lipinski definition) is 2. The van der Waals surface area contributed by atoms with E-state index in [9.17, 15) is 9.50 Å². The lowest BCUT2D eigenvalue weighted by molar-refractivity contribution is 0.0474. The third-order valence-corrected chi connectivity index (χ3v) is 2.54. The van der Waals surface area contributed by atoms with E-state index in [1.165, 1.54) is 12.3 Å². The van der Waals surface area contributed by atoms with Gasteiger partial charge >= 0.3 is 0 Å². The van der Waals surface area contributed by atoms with Crippen molar-refractivity contribution in [3.05, 3.63) is 29.8 Å². The fourth-order valence-corrected chi connectivity index (χ4v) is 1.48. The highest BCUT2D eigenvalue weighted by Crippen LogP contribution is 2.23. The van der Waals surface area contributed by atoms with Crippen LogP contribution >= 0.6 is 0 Å². The van der Waals surface area contributed by atoms with Gasteiger partial charge in [0.25, 0.3) is 0 Å². The zero-order chi connectivity index (χ0) is 12.0. The second-order valence-electron chi connectivity index (χ2n) is 4.17. The number of aromatic nitrogens is 1. The molecular weight excluding hydrogens is 207 g/mol. The summed E-state index contributed by atoms with van der Waals surface area (Å²) in [6, 6.07) is 1.33. The minimum absolute atomic E-state index is 0.417. The fourth-order valence-electron chi connectivity index (χ4n) is 1.48. The number of hydrogen-bond acceptors (Lipinski definition) is 3. The van der Waals surface area contributed by atoms with E-state index in [0.717, 1.165) is 19.2 Å². The number of pyridine rings is 1. The van der Waals surface area contributed by atoms with Gasteiger partial charge in [-0.2, -0.15) is 0 Å². The number of aliphatic hydroxyl groups is 1. The first-order valence-corrected chi connectivity index (χ1v) is 5.60. The largest absolute Gasteiger partial charge is 0.385 e. The van der Waals surface area contributed by atoms with Gasteiger partial charge in [0.15, 0.2) is 0 Å². The molecule has 2 N–H and O–H groups in total. The van der Waals surface area contributed by atoms with Crippen molar-refractivity contribution >= 4 is 0 Å². The van der Waals surface area contributed by atoms with Crippen molar-refractivity contribution in [3.63, 3.8) is 0 Å². The lowest BCUT2D eigenvalue weighted by atomic mass is 9.94. The second kappa shape index (κ2) is 5.92. The van der Waals surface area contributed by atoms with Crippen molar-refractivity contribution in [2.45, 2.75) is 32.3 Å². The van der Waals surface area contributed by atoms with E-state index in [-0.39, 0.29) is 0 Å². The highest BCUT2D eigenvalue weighted by molar-refractivity contribution is 5.17. The van der Waals surface area contributed by atoms with Crippen LogP contribution in [0.5, 0.6) is 0 Å². The third kappa shape index (κ3) is 3.87. The molecule has 0 saturated carbocycles. The molecule has 3 nitrogen and oxygen atoms in total. The molecule has 0 radical (unpaired) electrons. The highest BCUT2D eigenvalue weighted by Gasteiger charge is 2.23. The Morgan fingerprint density at radius 2 is 2.19 bits per heavy atom. The number of halogens is 1. The molecule has 1 rings (SSSR count). The van der Waals surface area contributed by atoms with Crippen LogP contribution in [0.2, 0.25) is 0 Å². The third-order valence-electron chi connectivity index (χ3n) is 2.54. The van der Waals surface area contributed by atoms with Gasteiger partial charge in [-0.1, -0.05) is 6.92 Å². The molecule has 0 aliphatic heterocycles. The van der Waals surface area contributed by atoms with Gasteiger partial charge in [-0.3, -0.25) is 4.98 Å². The molecule has 1 aromatic rings. The first kappa shape index (κ1) is 13.1. The second-order valence-corrected chi connectivity index (χ2v) is 4.17. The molecule has 90 valence electrons. The van der Waals surface area contributed by atoms with Crippen molar-refractivity contribution in [1.29, 1.82) is 0 Å². The lowest BCUT2D eigenvalue weighted by Crippen LogP contribution is -2.28. The van der Waals surface area contributed by atoms with Gasteiger partial charge < -0.3 is 10.4 Å². The van der Waals surface area contributed by atoms with Gasteiger partial charge in [-0.25, -0.2) is 4.39 Å². The number of rotatable bonds is 6. The highest BCUT2D eigenvalue weighted by atomic mass is 19.1. The topological polar surface area (TPSA) is 45.1 Å². The Labute approximate surface area is 95.7 Å². The molecule has 0 saturated heterocycles. The van der Waals surface area contributed by atoms with E-state index >= 15 is 0 Å². The molecule has 0 spiro atoms. The van der Waals surface area contributed by atoms with Crippen LogP contribution in [0.3, 0.4) is 0 Å². The van der Waals surface area contributed by atoms with Crippen LogP contribution in [-0.2, 0) is 5.60 Å². The molecule has 0 bridgehead atoms. The molecule has 0 amide bonds. The predicted octanol–water partition coefficient (Wildman–Crippen LogP) is 1.82. The molecule has 4 heteroatoms. The fraction of sp³-hybridized carbons (Fsp3) is 0.583. The molecule has 1 atom stereocenters. The van der Waals surface area contributed by atoms with Crippen LogP contribution in [-0.4, -0.2) is 23.2 Å². The van der Waals surface area contributed by atoms with Crippen molar-refractivity contribution in [3.8, 4) is 0 Å². The van der Waals surface area contributed by atoms with Crippen molar-refractivity contribution < 1.29 is 9.50 Å². The maximum Gasteiger partial charge on any atom is 0.141 e. The van der Waals surface area contributed by atoms with Crippen molar-refractivity contribution in [2.24, 2.45) is 0 Å². The van der Waals surface area contributed by atoms with E-state index in [1.54, 1.807) is 6.92 Å². The summed E-state index contributed by atoms with van der Waals surface area (Å²) < 4.78 is 13.0. The summed E-state index contributed by atoms with van der Waals surface area (Å²) in [5, 5.41) is 13.4. The molecule has 1 heterocycles. The summed E-state index contributed by atoms with van der Waals surface area (Å²) in [6.07, 6.45) is 4.24. The average molecular weight is 226 g/mol. The van der Waals surface area contributed by atoms with Gasteiger partial charge in [-0.15, -0.1) is 0 Å². The summed E-state index contributed by atoms with van der Waals surface area (Å²) in [5.41, 5.74) is -0.513. The summed E-state index contributed by atoms with van der Waals surface area (Å²) >= 11 is 0. The first-order chi connectivity index (χ1) is 7.56. The van der Waals surface area contributed by atoms with Crippen LogP contribution in [0.4, 0.5) is 4.39 Å². The van der Waals surface area contributed by atoms with E-state index < -0.39 is 11.4 Å². The molecular formula is C12H19FN2O. The Balaban J connectivity index is 2.55. The summed E-state index contributed by atoms with van der Waals surface area (Å²) in [7, 11) is 0. The summed E-state index contributed by atoms with van der Waals surface area (Å²) in [6.45, 7) is 5.40. The van der Waals surface area contributed by atoms with Crippen LogP contribution in [0, 0.1) is 5.82 Å². The first-order valence-electron chi connectivity index (χ1n) is 5.60. The monoisotopic (exact) mass is 226 g/mol. The zero-order valence-corrected chi connectivity index (χ0v) is 9.83. The number of nitrogens with zero attached hydrogens (tertiary/aromatic N) is 1. The predicted molar refractivity (Wildman–Crippen MR) is 61.5 cm³/mol. The Morgan fingerprint density at radius 1 is 1.44 bits per heavy atom. The maximum absolute atomic E-state index is 13.0. The van der Waals surface area contributed by atoms with Gasteiger partial charge in [0.1, 0.15) is 5.82 Å². The molecule has 0 aliphatic carbocycles. The Morgan fingerprint density at radius 3 is 2.81 bits per heavy atom. The van der Waals surface area contributed by atoms with Crippen LogP contribution in [0.25, 0.3) is 0 Å². The Bertz CT molecular complexity index is 329. The number of nitrogens with one attached hydrogen (secondary N) is 1. The average Bonchev–Trinajstić information content (AvgIpc) is 2.24. The summed E-state index contributed by atoms with van der Waals surface area (Å²) in [4.78, 5) is 3.74. The molecule has 1 unspecified atom stereocenters. The Kier molecular flexibility index (Phi) is 4.83.